The minimum atomic E-state index is 0.695. The third kappa shape index (κ3) is 3.71. The molecule has 0 radical (unpaired) electrons. The van der Waals surface area contributed by atoms with Crippen molar-refractivity contribution in [3.8, 4) is 0 Å². The zero-order valence-corrected chi connectivity index (χ0v) is 12.1. The Kier molecular flexibility index (Phi) is 5.04. The average molecular weight is 267 g/mol. The van der Waals surface area contributed by atoms with E-state index >= 15 is 0 Å². The highest BCUT2D eigenvalue weighted by molar-refractivity contribution is 6.31. The van der Waals surface area contributed by atoms with Gasteiger partial charge in [-0.3, -0.25) is 4.90 Å². The van der Waals surface area contributed by atoms with Gasteiger partial charge in [-0.2, -0.15) is 0 Å². The molecule has 0 aromatic heterocycles. The van der Waals surface area contributed by atoms with Gasteiger partial charge in [0.25, 0.3) is 0 Å². The standard InChI is InChI=1S/C15H23ClN2/c1-12-5-6-13(10-15(12)16)11-18(2)14-4-3-8-17-9-7-14/h5-6,10,14,17H,3-4,7-9,11H2,1-2H3. The summed E-state index contributed by atoms with van der Waals surface area (Å²) in [5, 5.41) is 4.34. The first-order valence-corrected chi connectivity index (χ1v) is 7.20. The molecule has 1 unspecified atom stereocenters. The molecule has 1 N–H and O–H groups in total. The summed E-state index contributed by atoms with van der Waals surface area (Å²) in [4.78, 5) is 2.47. The van der Waals surface area contributed by atoms with E-state index in [4.69, 9.17) is 11.6 Å². The van der Waals surface area contributed by atoms with Crippen molar-refractivity contribution in [2.45, 2.75) is 38.8 Å². The molecule has 0 aliphatic carbocycles. The molecule has 1 aromatic carbocycles. The Morgan fingerprint density at radius 1 is 1.33 bits per heavy atom. The second-order valence-electron chi connectivity index (χ2n) is 5.33. The summed E-state index contributed by atoms with van der Waals surface area (Å²) in [7, 11) is 2.23. The van der Waals surface area contributed by atoms with Gasteiger partial charge in [-0.25, -0.2) is 0 Å². The third-order valence-corrected chi connectivity index (χ3v) is 4.24. The van der Waals surface area contributed by atoms with Crippen LogP contribution in [0.25, 0.3) is 0 Å². The molecule has 3 heteroatoms. The molecule has 1 heterocycles. The first-order chi connectivity index (χ1) is 8.66. The molecule has 0 spiro atoms. The molecule has 1 saturated heterocycles. The Morgan fingerprint density at radius 2 is 2.17 bits per heavy atom. The van der Waals surface area contributed by atoms with Gasteiger partial charge in [-0.15, -0.1) is 0 Å². The minimum absolute atomic E-state index is 0.695. The van der Waals surface area contributed by atoms with Gasteiger partial charge in [0.2, 0.25) is 0 Å². The van der Waals surface area contributed by atoms with Crippen molar-refractivity contribution in [2.24, 2.45) is 0 Å². The Bertz CT molecular complexity index is 384. The number of nitrogens with zero attached hydrogens (tertiary/aromatic N) is 1. The first-order valence-electron chi connectivity index (χ1n) is 6.83. The lowest BCUT2D eigenvalue weighted by molar-refractivity contribution is 0.216. The van der Waals surface area contributed by atoms with Crippen LogP contribution >= 0.6 is 11.6 Å². The Balaban J connectivity index is 1.96. The van der Waals surface area contributed by atoms with E-state index in [0.29, 0.717) is 6.04 Å². The van der Waals surface area contributed by atoms with E-state index in [1.807, 2.05) is 6.92 Å². The Labute approximate surface area is 115 Å². The predicted molar refractivity (Wildman–Crippen MR) is 78.2 cm³/mol. The van der Waals surface area contributed by atoms with E-state index < -0.39 is 0 Å². The molecule has 0 bridgehead atoms. The fraction of sp³-hybridized carbons (Fsp3) is 0.600. The molecule has 1 atom stereocenters. The molecule has 1 fully saturated rings. The van der Waals surface area contributed by atoms with Crippen LogP contribution in [-0.4, -0.2) is 31.1 Å². The second kappa shape index (κ2) is 6.55. The second-order valence-corrected chi connectivity index (χ2v) is 5.74. The van der Waals surface area contributed by atoms with Gasteiger partial charge in [-0.1, -0.05) is 23.7 Å². The molecule has 0 amide bonds. The number of halogens is 1. The summed E-state index contributed by atoms with van der Waals surface area (Å²) in [6.07, 6.45) is 3.82. The average Bonchev–Trinajstić information content (AvgIpc) is 2.62. The van der Waals surface area contributed by atoms with Crippen LogP contribution in [-0.2, 0) is 6.54 Å². The largest absolute Gasteiger partial charge is 0.317 e. The molecule has 1 aliphatic rings. The smallest absolute Gasteiger partial charge is 0.0438 e. The van der Waals surface area contributed by atoms with Gasteiger partial charge in [0, 0.05) is 17.6 Å². The zero-order valence-electron chi connectivity index (χ0n) is 11.4. The first kappa shape index (κ1) is 13.9. The monoisotopic (exact) mass is 266 g/mol. The van der Waals surface area contributed by atoms with Crippen LogP contribution in [0.5, 0.6) is 0 Å². The van der Waals surface area contributed by atoms with Crippen LogP contribution in [0.4, 0.5) is 0 Å². The summed E-state index contributed by atoms with van der Waals surface area (Å²) in [6.45, 7) is 5.35. The summed E-state index contributed by atoms with van der Waals surface area (Å²) in [5.74, 6) is 0. The SMILES string of the molecule is Cc1ccc(CN(C)C2CCCNCC2)cc1Cl. The van der Waals surface area contributed by atoms with E-state index in [2.05, 4.69) is 35.5 Å². The van der Waals surface area contributed by atoms with Crippen molar-refractivity contribution in [3.63, 3.8) is 0 Å². The zero-order chi connectivity index (χ0) is 13.0. The topological polar surface area (TPSA) is 15.3 Å². The van der Waals surface area contributed by atoms with Crippen LogP contribution in [0.2, 0.25) is 5.02 Å². The van der Waals surface area contributed by atoms with E-state index in [1.165, 1.54) is 31.4 Å². The van der Waals surface area contributed by atoms with E-state index in [9.17, 15) is 0 Å². The summed E-state index contributed by atoms with van der Waals surface area (Å²) in [5.41, 5.74) is 2.46. The third-order valence-electron chi connectivity index (χ3n) is 3.84. The molecule has 18 heavy (non-hydrogen) atoms. The van der Waals surface area contributed by atoms with Crippen molar-refractivity contribution < 1.29 is 0 Å². The maximum atomic E-state index is 6.18. The number of hydrogen-bond acceptors (Lipinski definition) is 2. The Hall–Kier alpha value is -0.570. The lowest BCUT2D eigenvalue weighted by Gasteiger charge is -2.27. The maximum absolute atomic E-state index is 6.18. The molecule has 2 rings (SSSR count). The van der Waals surface area contributed by atoms with Gasteiger partial charge < -0.3 is 5.32 Å². The fourth-order valence-electron chi connectivity index (χ4n) is 2.59. The summed E-state index contributed by atoms with van der Waals surface area (Å²) >= 11 is 6.18. The van der Waals surface area contributed by atoms with E-state index in [0.717, 1.165) is 23.7 Å². The molecular weight excluding hydrogens is 244 g/mol. The van der Waals surface area contributed by atoms with E-state index in [-0.39, 0.29) is 0 Å². The maximum Gasteiger partial charge on any atom is 0.0438 e. The van der Waals surface area contributed by atoms with Gasteiger partial charge in [0.1, 0.15) is 0 Å². The predicted octanol–water partition coefficient (Wildman–Crippen LogP) is 3.22. The lowest BCUT2D eigenvalue weighted by Crippen LogP contribution is -2.32. The van der Waals surface area contributed by atoms with Crippen LogP contribution < -0.4 is 5.32 Å². The quantitative estimate of drug-likeness (QED) is 0.904. The van der Waals surface area contributed by atoms with Crippen molar-refractivity contribution in [1.82, 2.24) is 10.2 Å². The molecule has 1 aromatic rings. The van der Waals surface area contributed by atoms with E-state index in [1.54, 1.807) is 0 Å². The lowest BCUT2D eigenvalue weighted by atomic mass is 10.1. The van der Waals surface area contributed by atoms with Gasteiger partial charge in [-0.05, 0) is 63.5 Å². The van der Waals surface area contributed by atoms with Crippen LogP contribution in [0, 0.1) is 6.92 Å². The molecule has 2 nitrogen and oxygen atoms in total. The minimum Gasteiger partial charge on any atom is -0.317 e. The van der Waals surface area contributed by atoms with Crippen LogP contribution in [0.15, 0.2) is 18.2 Å². The number of benzene rings is 1. The Morgan fingerprint density at radius 3 is 2.94 bits per heavy atom. The van der Waals surface area contributed by atoms with Crippen LogP contribution in [0.1, 0.15) is 30.4 Å². The summed E-state index contributed by atoms with van der Waals surface area (Å²) < 4.78 is 0. The van der Waals surface area contributed by atoms with Crippen molar-refractivity contribution >= 4 is 11.6 Å². The number of nitrogens with one attached hydrogen (secondary N) is 1. The number of hydrogen-bond donors (Lipinski definition) is 1. The molecule has 0 saturated carbocycles. The normalized spacial score (nSPS) is 21.0. The molecule has 1 aliphatic heterocycles. The van der Waals surface area contributed by atoms with Crippen molar-refractivity contribution in [2.75, 3.05) is 20.1 Å². The van der Waals surface area contributed by atoms with Gasteiger partial charge >= 0.3 is 0 Å². The highest BCUT2D eigenvalue weighted by Gasteiger charge is 2.16. The molecule has 100 valence electrons. The number of rotatable bonds is 3. The number of aryl methyl sites for hydroxylation is 1. The van der Waals surface area contributed by atoms with Gasteiger partial charge in [0.05, 0.1) is 0 Å². The fourth-order valence-corrected chi connectivity index (χ4v) is 2.80. The molecular formula is C15H23ClN2. The highest BCUT2D eigenvalue weighted by atomic mass is 35.5. The van der Waals surface area contributed by atoms with Gasteiger partial charge in [0.15, 0.2) is 0 Å². The van der Waals surface area contributed by atoms with Crippen LogP contribution in [0.3, 0.4) is 0 Å². The summed E-state index contributed by atoms with van der Waals surface area (Å²) in [6, 6.07) is 7.09. The highest BCUT2D eigenvalue weighted by Crippen LogP contribution is 2.20. The van der Waals surface area contributed by atoms with Crippen molar-refractivity contribution in [3.05, 3.63) is 34.3 Å². The van der Waals surface area contributed by atoms with Crippen molar-refractivity contribution in [1.29, 1.82) is 0 Å².